The minimum Gasteiger partial charge on any atom is -0.485 e. The van der Waals surface area contributed by atoms with Crippen LogP contribution in [0.25, 0.3) is 21.8 Å². The van der Waals surface area contributed by atoms with Gasteiger partial charge >= 0.3 is 0 Å². The molecule has 3 aromatic carbocycles. The summed E-state index contributed by atoms with van der Waals surface area (Å²) in [7, 11) is 0. The first-order valence-electron chi connectivity index (χ1n) is 12.9. The molecule has 0 saturated carbocycles. The normalized spacial score (nSPS) is 11.4. The largest absolute Gasteiger partial charge is 0.485 e. The molecule has 0 fully saturated rings. The molecule has 0 bridgehead atoms. The number of aryl methyl sites for hydroxylation is 1. The highest BCUT2D eigenvalue weighted by Crippen LogP contribution is 2.26. The molecule has 0 spiro atoms. The number of hydrogen-bond acceptors (Lipinski definition) is 2. The Morgan fingerprint density at radius 1 is 0.697 bits per heavy atom. The van der Waals surface area contributed by atoms with Gasteiger partial charge in [-0.1, -0.05) is 113 Å². The molecule has 0 atom stereocenters. The van der Waals surface area contributed by atoms with Gasteiger partial charge in [0.2, 0.25) is 0 Å². The number of para-hydroxylation sites is 2. The van der Waals surface area contributed by atoms with Crippen molar-refractivity contribution in [3.63, 3.8) is 0 Å². The molecular weight excluding hydrogens is 404 g/mol. The Morgan fingerprint density at radius 3 is 2.18 bits per heavy atom. The number of aromatic nitrogens is 2. The molecule has 0 unspecified atom stereocenters. The Hall–Kier alpha value is -2.81. The van der Waals surface area contributed by atoms with E-state index in [1.807, 2.05) is 0 Å². The molecule has 3 heteroatoms. The molecule has 1 heterocycles. The van der Waals surface area contributed by atoms with Gasteiger partial charge in [-0.15, -0.1) is 0 Å². The molecule has 0 amide bonds. The lowest BCUT2D eigenvalue weighted by molar-refractivity contribution is 0.293. The lowest BCUT2D eigenvalue weighted by atomic mass is 10.1. The quantitative estimate of drug-likeness (QED) is 0.183. The number of nitrogens with zero attached hydrogens (tertiary/aromatic N) is 2. The van der Waals surface area contributed by atoms with Gasteiger partial charge in [-0.2, -0.15) is 0 Å². The van der Waals surface area contributed by atoms with Crippen molar-refractivity contribution in [3.05, 3.63) is 72.6 Å². The van der Waals surface area contributed by atoms with E-state index in [9.17, 15) is 0 Å². The summed E-state index contributed by atoms with van der Waals surface area (Å²) in [5.41, 5.74) is 2.27. The first-order valence-corrected chi connectivity index (χ1v) is 12.9. The van der Waals surface area contributed by atoms with Crippen LogP contribution < -0.4 is 4.74 Å². The summed E-state index contributed by atoms with van der Waals surface area (Å²) in [6, 6.07) is 23.1. The minimum atomic E-state index is 0.487. The summed E-state index contributed by atoms with van der Waals surface area (Å²) >= 11 is 0. The topological polar surface area (TPSA) is 27.1 Å². The zero-order chi connectivity index (χ0) is 22.7. The van der Waals surface area contributed by atoms with Gasteiger partial charge in [0.05, 0.1) is 11.0 Å². The van der Waals surface area contributed by atoms with Crippen LogP contribution in [0.5, 0.6) is 5.75 Å². The average Bonchev–Trinajstić information content (AvgIpc) is 3.21. The van der Waals surface area contributed by atoms with E-state index in [1.54, 1.807) is 0 Å². The number of fused-ring (bicyclic) bond motifs is 2. The van der Waals surface area contributed by atoms with Crippen LogP contribution in [0, 0.1) is 0 Å². The number of unbranched alkanes of at least 4 members (excludes halogenated alkanes) is 9. The summed E-state index contributed by atoms with van der Waals surface area (Å²) in [4.78, 5) is 4.91. The van der Waals surface area contributed by atoms with Gasteiger partial charge in [-0.3, -0.25) is 0 Å². The van der Waals surface area contributed by atoms with Crippen molar-refractivity contribution in [2.24, 2.45) is 0 Å². The highest BCUT2D eigenvalue weighted by Gasteiger charge is 2.12. The highest BCUT2D eigenvalue weighted by atomic mass is 16.5. The molecule has 0 radical (unpaired) electrons. The zero-order valence-electron chi connectivity index (χ0n) is 20.1. The van der Waals surface area contributed by atoms with Crippen molar-refractivity contribution in [1.82, 2.24) is 9.55 Å². The monoisotopic (exact) mass is 442 g/mol. The number of rotatable bonds is 14. The highest BCUT2D eigenvalue weighted by molar-refractivity contribution is 5.88. The number of hydrogen-bond donors (Lipinski definition) is 0. The van der Waals surface area contributed by atoms with Crippen molar-refractivity contribution in [3.8, 4) is 5.75 Å². The van der Waals surface area contributed by atoms with Crippen LogP contribution >= 0.6 is 0 Å². The second-order valence-corrected chi connectivity index (χ2v) is 9.12. The molecule has 1 aromatic heterocycles. The molecule has 4 rings (SSSR count). The first kappa shape index (κ1) is 23.4. The van der Waals surface area contributed by atoms with Crippen molar-refractivity contribution < 1.29 is 4.74 Å². The summed E-state index contributed by atoms with van der Waals surface area (Å²) in [6.07, 6.45) is 13.5. The third-order valence-electron chi connectivity index (χ3n) is 6.58. The van der Waals surface area contributed by atoms with Crippen molar-refractivity contribution in [2.45, 2.75) is 84.3 Å². The second-order valence-electron chi connectivity index (χ2n) is 9.12. The summed E-state index contributed by atoms with van der Waals surface area (Å²) in [5.74, 6) is 1.94. The Bertz CT molecular complexity index is 1130. The summed E-state index contributed by atoms with van der Waals surface area (Å²) in [6.45, 7) is 3.77. The Balaban J connectivity index is 1.33. The molecule has 4 aromatic rings. The number of imidazole rings is 1. The molecule has 0 saturated heterocycles. The Labute approximate surface area is 198 Å². The maximum absolute atomic E-state index is 6.29. The minimum absolute atomic E-state index is 0.487. The van der Waals surface area contributed by atoms with Crippen LogP contribution in [0.1, 0.15) is 77.0 Å². The maximum Gasteiger partial charge on any atom is 0.147 e. The van der Waals surface area contributed by atoms with E-state index in [0.717, 1.165) is 29.0 Å². The summed E-state index contributed by atoms with van der Waals surface area (Å²) in [5, 5.41) is 2.35. The van der Waals surface area contributed by atoms with Gasteiger partial charge < -0.3 is 9.30 Å². The number of benzene rings is 3. The van der Waals surface area contributed by atoms with E-state index in [1.165, 1.54) is 75.1 Å². The van der Waals surface area contributed by atoms with E-state index < -0.39 is 0 Å². The van der Waals surface area contributed by atoms with Crippen LogP contribution in [0.3, 0.4) is 0 Å². The fourth-order valence-corrected chi connectivity index (χ4v) is 4.71. The lowest BCUT2D eigenvalue weighted by Crippen LogP contribution is -2.08. The maximum atomic E-state index is 6.29. The van der Waals surface area contributed by atoms with Crippen LogP contribution in [0.2, 0.25) is 0 Å². The van der Waals surface area contributed by atoms with Gasteiger partial charge in [-0.25, -0.2) is 4.98 Å². The van der Waals surface area contributed by atoms with E-state index in [-0.39, 0.29) is 0 Å². The van der Waals surface area contributed by atoms with Crippen molar-refractivity contribution in [2.75, 3.05) is 0 Å². The van der Waals surface area contributed by atoms with Gasteiger partial charge in [-0.05, 0) is 30.0 Å². The molecule has 0 aliphatic rings. The molecule has 3 nitrogen and oxygen atoms in total. The number of ether oxygens (including phenoxy) is 1. The first-order chi connectivity index (χ1) is 16.4. The molecule has 0 N–H and O–H groups in total. The zero-order valence-corrected chi connectivity index (χ0v) is 20.1. The van der Waals surface area contributed by atoms with Gasteiger partial charge in [0, 0.05) is 11.9 Å². The SMILES string of the molecule is CCCCCCCCCCCCn1c(COc2cccc3ccccc23)nc2ccccc21. The standard InChI is InChI=1S/C30H38N2O/c1-2-3-4-5-6-7-8-9-10-15-23-32-28-21-14-13-20-27(28)31-30(32)24-33-29-22-16-18-25-17-11-12-19-26(25)29/h11-14,16-22H,2-10,15,23-24H2,1H3. The Kier molecular flexibility index (Phi) is 8.80. The van der Waals surface area contributed by atoms with E-state index in [2.05, 4.69) is 78.2 Å². The van der Waals surface area contributed by atoms with Gasteiger partial charge in [0.15, 0.2) is 0 Å². The Morgan fingerprint density at radius 2 is 1.36 bits per heavy atom. The van der Waals surface area contributed by atoms with Crippen LogP contribution in [-0.4, -0.2) is 9.55 Å². The fraction of sp³-hybridized carbons (Fsp3) is 0.433. The van der Waals surface area contributed by atoms with E-state index in [0.29, 0.717) is 6.61 Å². The molecule has 33 heavy (non-hydrogen) atoms. The fourth-order valence-electron chi connectivity index (χ4n) is 4.71. The van der Waals surface area contributed by atoms with Crippen molar-refractivity contribution >= 4 is 21.8 Å². The molecule has 0 aliphatic carbocycles. The van der Waals surface area contributed by atoms with Gasteiger partial charge in [0.25, 0.3) is 0 Å². The van der Waals surface area contributed by atoms with Crippen LogP contribution in [0.4, 0.5) is 0 Å². The third-order valence-corrected chi connectivity index (χ3v) is 6.58. The van der Waals surface area contributed by atoms with Crippen LogP contribution in [-0.2, 0) is 13.2 Å². The van der Waals surface area contributed by atoms with Crippen LogP contribution in [0.15, 0.2) is 66.7 Å². The predicted molar refractivity (Wildman–Crippen MR) is 140 cm³/mol. The molecular formula is C30H38N2O. The second kappa shape index (κ2) is 12.4. The predicted octanol–water partition coefficient (Wildman–Crippen LogP) is 8.69. The van der Waals surface area contributed by atoms with E-state index in [4.69, 9.17) is 9.72 Å². The van der Waals surface area contributed by atoms with Gasteiger partial charge in [0.1, 0.15) is 18.2 Å². The van der Waals surface area contributed by atoms with Crippen molar-refractivity contribution in [1.29, 1.82) is 0 Å². The average molecular weight is 443 g/mol. The smallest absolute Gasteiger partial charge is 0.147 e. The third kappa shape index (κ3) is 6.37. The summed E-state index contributed by atoms with van der Waals surface area (Å²) < 4.78 is 8.66. The lowest BCUT2D eigenvalue weighted by Gasteiger charge is -2.12. The van der Waals surface area contributed by atoms with E-state index >= 15 is 0 Å². The molecule has 0 aliphatic heterocycles. The molecule has 174 valence electrons.